The number of likely N-dealkylation sites (tertiary alicyclic amines) is 1. The highest BCUT2D eigenvalue weighted by atomic mass is 35.5. The second-order valence-corrected chi connectivity index (χ2v) is 6.87. The van der Waals surface area contributed by atoms with Crippen molar-refractivity contribution < 1.29 is 18.7 Å². The molecule has 1 fully saturated rings. The molecule has 1 aliphatic heterocycles. The normalized spacial score (nSPS) is 17.5. The molecule has 2 aromatic rings. The average Bonchev–Trinajstić information content (AvgIpc) is 3.00. The van der Waals surface area contributed by atoms with Crippen molar-refractivity contribution in [2.75, 3.05) is 25.0 Å². The van der Waals surface area contributed by atoms with Gasteiger partial charge >= 0.3 is 6.09 Å². The molecule has 0 saturated carbocycles. The van der Waals surface area contributed by atoms with Crippen molar-refractivity contribution in [3.05, 3.63) is 53.1 Å². The molecule has 0 spiro atoms. The van der Waals surface area contributed by atoms with Crippen LogP contribution in [-0.2, 0) is 0 Å². The predicted molar refractivity (Wildman–Crippen MR) is 97.8 cm³/mol. The molecule has 26 heavy (non-hydrogen) atoms. The number of hydrogen-bond acceptors (Lipinski definition) is 2. The van der Waals surface area contributed by atoms with Gasteiger partial charge in [-0.25, -0.2) is 13.6 Å². The Bertz CT molecular complexity index is 831. The largest absolute Gasteiger partial charge is 0.465 e. The van der Waals surface area contributed by atoms with Gasteiger partial charge in [0.2, 0.25) is 0 Å². The lowest BCUT2D eigenvalue weighted by Crippen LogP contribution is -2.41. The van der Waals surface area contributed by atoms with Crippen LogP contribution >= 0.6 is 11.6 Å². The van der Waals surface area contributed by atoms with E-state index in [9.17, 15) is 18.7 Å². The number of carbonyl (C=O) groups is 1. The van der Waals surface area contributed by atoms with Crippen LogP contribution in [0.5, 0.6) is 0 Å². The number of likely N-dealkylation sites (N-methyl/N-ethyl adjacent to an activating group) is 1. The molecule has 1 N–H and O–H groups in total. The van der Waals surface area contributed by atoms with Gasteiger partial charge in [0.15, 0.2) is 0 Å². The molecule has 7 heteroatoms. The molecule has 1 aliphatic rings. The molecular weight excluding hydrogens is 362 g/mol. The molecule has 1 unspecified atom stereocenters. The van der Waals surface area contributed by atoms with E-state index in [0.29, 0.717) is 16.8 Å². The van der Waals surface area contributed by atoms with E-state index in [-0.39, 0.29) is 17.6 Å². The average molecular weight is 381 g/mol. The summed E-state index contributed by atoms with van der Waals surface area (Å²) in [5.74, 6) is -1.09. The number of halogens is 3. The van der Waals surface area contributed by atoms with Crippen LogP contribution < -0.4 is 4.90 Å². The quantitative estimate of drug-likeness (QED) is 0.823. The molecular formula is C19H19ClF2N2O2. The minimum Gasteiger partial charge on any atom is -0.465 e. The monoisotopic (exact) mass is 380 g/mol. The fraction of sp³-hybridized carbons (Fsp3) is 0.316. The maximum atomic E-state index is 13.9. The molecule has 1 heterocycles. The summed E-state index contributed by atoms with van der Waals surface area (Å²) in [5, 5.41) is 9.64. The zero-order valence-electron chi connectivity index (χ0n) is 14.3. The molecule has 0 radical (unpaired) electrons. The van der Waals surface area contributed by atoms with E-state index in [0.717, 1.165) is 19.4 Å². The maximum Gasteiger partial charge on any atom is 0.411 e. The predicted octanol–water partition coefficient (Wildman–Crippen LogP) is 4.86. The second-order valence-electron chi connectivity index (χ2n) is 6.46. The van der Waals surface area contributed by atoms with Gasteiger partial charge in [-0.15, -0.1) is 0 Å². The molecule has 2 aromatic carbocycles. The van der Waals surface area contributed by atoms with Crippen molar-refractivity contribution in [1.29, 1.82) is 0 Å². The number of rotatable bonds is 4. The first-order chi connectivity index (χ1) is 12.4. The zero-order valence-corrected chi connectivity index (χ0v) is 15.0. The van der Waals surface area contributed by atoms with E-state index in [4.69, 9.17) is 11.6 Å². The van der Waals surface area contributed by atoms with E-state index in [1.807, 2.05) is 7.05 Å². The Kier molecular flexibility index (Phi) is 5.44. The van der Waals surface area contributed by atoms with Crippen molar-refractivity contribution in [1.82, 2.24) is 4.90 Å². The Labute approximate surface area is 155 Å². The van der Waals surface area contributed by atoms with Crippen LogP contribution in [-0.4, -0.2) is 42.3 Å². The molecule has 0 aromatic heterocycles. The number of amides is 1. The number of benzene rings is 2. The molecule has 3 rings (SSSR count). The van der Waals surface area contributed by atoms with Crippen LogP contribution in [0.15, 0.2) is 36.4 Å². The highest BCUT2D eigenvalue weighted by Gasteiger charge is 2.28. The minimum atomic E-state index is -1.12. The Morgan fingerprint density at radius 1 is 1.31 bits per heavy atom. The van der Waals surface area contributed by atoms with E-state index in [2.05, 4.69) is 4.90 Å². The van der Waals surface area contributed by atoms with Crippen LogP contribution in [0.4, 0.5) is 19.3 Å². The Hall–Kier alpha value is -2.18. The van der Waals surface area contributed by atoms with Crippen LogP contribution in [0.25, 0.3) is 11.1 Å². The molecule has 1 atom stereocenters. The summed E-state index contributed by atoms with van der Waals surface area (Å²) in [7, 11) is 1.96. The van der Waals surface area contributed by atoms with Gasteiger partial charge in [0.25, 0.3) is 0 Å². The van der Waals surface area contributed by atoms with Crippen LogP contribution in [0.1, 0.15) is 12.8 Å². The lowest BCUT2D eigenvalue weighted by atomic mass is 10.0. The number of nitrogens with zero attached hydrogens (tertiary/aromatic N) is 2. The van der Waals surface area contributed by atoms with Crippen LogP contribution in [0.2, 0.25) is 5.02 Å². The van der Waals surface area contributed by atoms with Gasteiger partial charge in [0.1, 0.15) is 11.6 Å². The molecule has 0 aliphatic carbocycles. The van der Waals surface area contributed by atoms with Crippen molar-refractivity contribution >= 4 is 23.4 Å². The van der Waals surface area contributed by atoms with Crippen LogP contribution in [0, 0.1) is 11.6 Å². The third kappa shape index (κ3) is 3.81. The first-order valence-corrected chi connectivity index (χ1v) is 8.70. The lowest BCUT2D eigenvalue weighted by Gasteiger charge is -2.28. The Balaban J connectivity index is 2.04. The number of hydrogen-bond donors (Lipinski definition) is 1. The SMILES string of the molecule is CN1CCCC1CN(C(=O)O)c1ccc(F)cc1-c1ccc(F)c(Cl)c1. The van der Waals surface area contributed by atoms with Crippen molar-refractivity contribution in [3.63, 3.8) is 0 Å². The highest BCUT2D eigenvalue weighted by molar-refractivity contribution is 6.31. The highest BCUT2D eigenvalue weighted by Crippen LogP contribution is 2.34. The van der Waals surface area contributed by atoms with Gasteiger partial charge in [-0.3, -0.25) is 4.90 Å². The van der Waals surface area contributed by atoms with Gasteiger partial charge in [-0.2, -0.15) is 0 Å². The Morgan fingerprint density at radius 3 is 2.69 bits per heavy atom. The number of anilines is 1. The molecule has 0 bridgehead atoms. The van der Waals surface area contributed by atoms with Gasteiger partial charge in [0, 0.05) is 18.2 Å². The van der Waals surface area contributed by atoms with E-state index in [1.165, 1.54) is 41.3 Å². The summed E-state index contributed by atoms with van der Waals surface area (Å²) in [6, 6.07) is 8.01. The fourth-order valence-corrected chi connectivity index (χ4v) is 3.52. The lowest BCUT2D eigenvalue weighted by molar-refractivity contribution is 0.198. The third-order valence-electron chi connectivity index (χ3n) is 4.78. The maximum absolute atomic E-state index is 13.9. The van der Waals surface area contributed by atoms with E-state index in [1.54, 1.807) is 0 Å². The summed E-state index contributed by atoms with van der Waals surface area (Å²) < 4.78 is 27.3. The van der Waals surface area contributed by atoms with Crippen molar-refractivity contribution in [2.45, 2.75) is 18.9 Å². The second kappa shape index (κ2) is 7.60. The summed E-state index contributed by atoms with van der Waals surface area (Å²) in [5.41, 5.74) is 1.16. The third-order valence-corrected chi connectivity index (χ3v) is 5.07. The van der Waals surface area contributed by atoms with Crippen molar-refractivity contribution in [3.8, 4) is 11.1 Å². The molecule has 1 saturated heterocycles. The van der Waals surface area contributed by atoms with Crippen LogP contribution in [0.3, 0.4) is 0 Å². The fourth-order valence-electron chi connectivity index (χ4n) is 3.34. The van der Waals surface area contributed by atoms with E-state index >= 15 is 0 Å². The topological polar surface area (TPSA) is 43.8 Å². The van der Waals surface area contributed by atoms with Crippen molar-refractivity contribution in [2.24, 2.45) is 0 Å². The Morgan fingerprint density at radius 2 is 2.08 bits per heavy atom. The smallest absolute Gasteiger partial charge is 0.411 e. The van der Waals surface area contributed by atoms with Gasteiger partial charge < -0.3 is 10.0 Å². The summed E-state index contributed by atoms with van der Waals surface area (Å²) >= 11 is 5.85. The summed E-state index contributed by atoms with van der Waals surface area (Å²) in [6.07, 6.45) is 0.795. The molecule has 4 nitrogen and oxygen atoms in total. The van der Waals surface area contributed by atoms with Gasteiger partial charge in [-0.1, -0.05) is 17.7 Å². The summed E-state index contributed by atoms with van der Waals surface area (Å²) in [6.45, 7) is 1.20. The summed E-state index contributed by atoms with van der Waals surface area (Å²) in [4.78, 5) is 15.3. The molecule has 1 amide bonds. The van der Waals surface area contributed by atoms with Gasteiger partial charge in [-0.05, 0) is 62.3 Å². The minimum absolute atomic E-state index is 0.0980. The standard InChI is InChI=1S/C19H19ClF2N2O2/c1-23-8-2-3-14(23)11-24(19(25)26)18-7-5-13(21)10-15(18)12-4-6-17(22)16(20)9-12/h4-7,9-10,14H,2-3,8,11H2,1H3,(H,25,26). The first-order valence-electron chi connectivity index (χ1n) is 8.32. The number of carboxylic acid groups (broad SMARTS) is 1. The zero-order chi connectivity index (χ0) is 18.8. The molecule has 138 valence electrons. The van der Waals surface area contributed by atoms with E-state index < -0.39 is 17.7 Å². The first kappa shape index (κ1) is 18.6. The van der Waals surface area contributed by atoms with Gasteiger partial charge in [0.05, 0.1) is 10.7 Å².